The van der Waals surface area contributed by atoms with Crippen LogP contribution in [0.3, 0.4) is 0 Å². The fourth-order valence-electron chi connectivity index (χ4n) is 2.14. The molecule has 0 fully saturated rings. The van der Waals surface area contributed by atoms with Crippen molar-refractivity contribution in [2.75, 3.05) is 5.32 Å². The first-order valence-electron chi connectivity index (χ1n) is 6.70. The van der Waals surface area contributed by atoms with Gasteiger partial charge in [-0.1, -0.05) is 32.0 Å². The van der Waals surface area contributed by atoms with Crippen LogP contribution in [-0.4, -0.2) is 4.98 Å². The number of benzene rings is 1. The number of para-hydroxylation sites is 1. The number of halogens is 1. The van der Waals surface area contributed by atoms with Gasteiger partial charge in [-0.15, -0.1) is 0 Å². The lowest BCUT2D eigenvalue weighted by Crippen LogP contribution is -2.12. The Labute approximate surface area is 113 Å². The normalized spacial score (nSPS) is 12.2. The van der Waals surface area contributed by atoms with Crippen LogP contribution in [0.15, 0.2) is 42.6 Å². The second-order valence-corrected chi connectivity index (χ2v) is 4.52. The van der Waals surface area contributed by atoms with E-state index in [1.165, 1.54) is 17.8 Å². The second kappa shape index (κ2) is 6.32. The van der Waals surface area contributed by atoms with Crippen molar-refractivity contribution in [1.29, 1.82) is 0 Å². The Morgan fingerprint density at radius 3 is 2.58 bits per heavy atom. The molecule has 0 radical (unpaired) electrons. The van der Waals surface area contributed by atoms with Gasteiger partial charge in [-0.3, -0.25) is 4.98 Å². The molecule has 1 heterocycles. The molecule has 3 heteroatoms. The number of aromatic nitrogens is 1. The van der Waals surface area contributed by atoms with Crippen LogP contribution in [0.4, 0.5) is 10.1 Å². The minimum Gasteiger partial charge on any atom is -0.376 e. The number of aryl methyl sites for hydroxylation is 1. The highest BCUT2D eigenvalue weighted by Crippen LogP contribution is 2.24. The zero-order chi connectivity index (χ0) is 13.7. The maximum absolute atomic E-state index is 12.9. The van der Waals surface area contributed by atoms with Crippen LogP contribution < -0.4 is 5.32 Å². The maximum Gasteiger partial charge on any atom is 0.141 e. The fourth-order valence-corrected chi connectivity index (χ4v) is 2.14. The average molecular weight is 258 g/mol. The summed E-state index contributed by atoms with van der Waals surface area (Å²) in [6.45, 7) is 4.23. The number of hydrogen-bond acceptors (Lipinski definition) is 2. The van der Waals surface area contributed by atoms with E-state index in [9.17, 15) is 4.39 Å². The first kappa shape index (κ1) is 13.5. The summed E-state index contributed by atoms with van der Waals surface area (Å²) in [5.41, 5.74) is 3.28. The van der Waals surface area contributed by atoms with E-state index in [0.29, 0.717) is 0 Å². The highest BCUT2D eigenvalue weighted by molar-refractivity contribution is 5.52. The molecule has 0 aliphatic heterocycles. The molecule has 1 unspecified atom stereocenters. The fraction of sp³-hybridized carbons (Fsp3) is 0.312. The van der Waals surface area contributed by atoms with Gasteiger partial charge in [-0.2, -0.15) is 0 Å². The lowest BCUT2D eigenvalue weighted by Gasteiger charge is -2.19. The van der Waals surface area contributed by atoms with Gasteiger partial charge in [0.25, 0.3) is 0 Å². The average Bonchev–Trinajstić information content (AvgIpc) is 2.46. The molecule has 1 aromatic carbocycles. The van der Waals surface area contributed by atoms with E-state index in [2.05, 4.69) is 36.3 Å². The maximum atomic E-state index is 12.9. The zero-order valence-electron chi connectivity index (χ0n) is 11.4. The van der Waals surface area contributed by atoms with E-state index in [-0.39, 0.29) is 11.9 Å². The SMILES string of the molecule is CCc1ccccc1NC(CC)c1ccc(F)cn1. The molecule has 1 N–H and O–H groups in total. The quantitative estimate of drug-likeness (QED) is 0.862. The molecule has 0 aliphatic rings. The molecule has 0 amide bonds. The number of nitrogens with zero attached hydrogens (tertiary/aromatic N) is 1. The van der Waals surface area contributed by atoms with Gasteiger partial charge in [0.05, 0.1) is 17.9 Å². The summed E-state index contributed by atoms with van der Waals surface area (Å²) in [7, 11) is 0. The van der Waals surface area contributed by atoms with Crippen LogP contribution in [0.25, 0.3) is 0 Å². The summed E-state index contributed by atoms with van der Waals surface area (Å²) in [5, 5.41) is 3.50. The topological polar surface area (TPSA) is 24.9 Å². The summed E-state index contributed by atoms with van der Waals surface area (Å²) in [4.78, 5) is 4.16. The van der Waals surface area contributed by atoms with E-state index >= 15 is 0 Å². The Bertz CT molecular complexity index is 523. The van der Waals surface area contributed by atoms with Crippen LogP contribution in [0.5, 0.6) is 0 Å². The molecule has 0 bridgehead atoms. The lowest BCUT2D eigenvalue weighted by atomic mass is 10.1. The molecule has 2 nitrogen and oxygen atoms in total. The molecule has 100 valence electrons. The summed E-state index contributed by atoms with van der Waals surface area (Å²) in [6, 6.07) is 11.6. The van der Waals surface area contributed by atoms with E-state index in [1.807, 2.05) is 12.1 Å². The van der Waals surface area contributed by atoms with Crippen molar-refractivity contribution < 1.29 is 4.39 Å². The van der Waals surface area contributed by atoms with Crippen LogP contribution >= 0.6 is 0 Å². The molecule has 0 saturated carbocycles. The van der Waals surface area contributed by atoms with Crippen molar-refractivity contribution in [3.8, 4) is 0 Å². The molecule has 0 aliphatic carbocycles. The summed E-state index contributed by atoms with van der Waals surface area (Å²) < 4.78 is 12.9. The third-order valence-corrected chi connectivity index (χ3v) is 3.24. The lowest BCUT2D eigenvalue weighted by molar-refractivity contribution is 0.614. The summed E-state index contributed by atoms with van der Waals surface area (Å²) >= 11 is 0. The minimum absolute atomic E-state index is 0.105. The van der Waals surface area contributed by atoms with Gasteiger partial charge >= 0.3 is 0 Å². The van der Waals surface area contributed by atoms with Crippen molar-refractivity contribution in [3.05, 3.63) is 59.7 Å². The molecule has 0 saturated heterocycles. The van der Waals surface area contributed by atoms with E-state index in [0.717, 1.165) is 24.2 Å². The Morgan fingerprint density at radius 1 is 1.16 bits per heavy atom. The van der Waals surface area contributed by atoms with Crippen LogP contribution in [0.2, 0.25) is 0 Å². The van der Waals surface area contributed by atoms with Gasteiger partial charge in [0, 0.05) is 5.69 Å². The van der Waals surface area contributed by atoms with Gasteiger partial charge in [0.2, 0.25) is 0 Å². The standard InChI is InChI=1S/C16H19FN2/c1-3-12-7-5-6-8-15(12)19-14(4-2)16-10-9-13(17)11-18-16/h5-11,14,19H,3-4H2,1-2H3. The molecular weight excluding hydrogens is 239 g/mol. The zero-order valence-corrected chi connectivity index (χ0v) is 11.4. The van der Waals surface area contributed by atoms with E-state index in [4.69, 9.17) is 0 Å². The van der Waals surface area contributed by atoms with Crippen molar-refractivity contribution in [1.82, 2.24) is 4.98 Å². The predicted octanol–water partition coefficient (Wildman–Crippen LogP) is 4.35. The van der Waals surface area contributed by atoms with Crippen LogP contribution in [0, 0.1) is 5.82 Å². The number of hydrogen-bond donors (Lipinski definition) is 1. The predicted molar refractivity (Wildman–Crippen MR) is 76.7 cm³/mol. The van der Waals surface area contributed by atoms with Gasteiger partial charge < -0.3 is 5.32 Å². The van der Waals surface area contributed by atoms with E-state index in [1.54, 1.807) is 6.07 Å². The number of anilines is 1. The smallest absolute Gasteiger partial charge is 0.141 e. The molecule has 19 heavy (non-hydrogen) atoms. The molecule has 1 aromatic heterocycles. The molecule has 2 rings (SSSR count). The number of nitrogens with one attached hydrogen (secondary N) is 1. The first-order chi connectivity index (χ1) is 9.24. The Kier molecular flexibility index (Phi) is 4.50. The Hall–Kier alpha value is -1.90. The third-order valence-electron chi connectivity index (χ3n) is 3.24. The number of rotatable bonds is 5. The van der Waals surface area contributed by atoms with Crippen molar-refractivity contribution in [3.63, 3.8) is 0 Å². The van der Waals surface area contributed by atoms with Crippen molar-refractivity contribution >= 4 is 5.69 Å². The van der Waals surface area contributed by atoms with Crippen molar-refractivity contribution in [2.24, 2.45) is 0 Å². The highest BCUT2D eigenvalue weighted by Gasteiger charge is 2.12. The van der Waals surface area contributed by atoms with Gasteiger partial charge in [0.1, 0.15) is 5.82 Å². The molecule has 1 atom stereocenters. The monoisotopic (exact) mass is 258 g/mol. The van der Waals surface area contributed by atoms with Gasteiger partial charge in [0.15, 0.2) is 0 Å². The first-order valence-corrected chi connectivity index (χ1v) is 6.70. The third kappa shape index (κ3) is 3.31. The largest absolute Gasteiger partial charge is 0.376 e. The Morgan fingerprint density at radius 2 is 1.95 bits per heavy atom. The van der Waals surface area contributed by atoms with Gasteiger partial charge in [-0.25, -0.2) is 4.39 Å². The van der Waals surface area contributed by atoms with Crippen LogP contribution in [-0.2, 0) is 6.42 Å². The molecular formula is C16H19FN2. The van der Waals surface area contributed by atoms with Gasteiger partial charge in [-0.05, 0) is 36.6 Å². The molecule has 2 aromatic rings. The summed E-state index contributed by atoms with van der Waals surface area (Å²) in [6.07, 6.45) is 3.15. The highest BCUT2D eigenvalue weighted by atomic mass is 19.1. The second-order valence-electron chi connectivity index (χ2n) is 4.52. The number of pyridine rings is 1. The summed E-state index contributed by atoms with van der Waals surface area (Å²) in [5.74, 6) is -0.299. The minimum atomic E-state index is -0.299. The van der Waals surface area contributed by atoms with Crippen LogP contribution in [0.1, 0.15) is 37.6 Å². The molecule has 0 spiro atoms. The van der Waals surface area contributed by atoms with E-state index < -0.39 is 0 Å². The van der Waals surface area contributed by atoms with Crippen molar-refractivity contribution in [2.45, 2.75) is 32.7 Å². The Balaban J connectivity index is 2.21.